The number of imidazole rings is 1. The normalized spacial score (nSPS) is 9.92. The van der Waals surface area contributed by atoms with Crippen LogP contribution >= 0.6 is 0 Å². The summed E-state index contributed by atoms with van der Waals surface area (Å²) in [5, 5.41) is 2.47. The lowest BCUT2D eigenvalue weighted by molar-refractivity contribution is 0.0959. The summed E-state index contributed by atoms with van der Waals surface area (Å²) in [6, 6.07) is 0. The Morgan fingerprint density at radius 1 is 1.67 bits per heavy atom. The summed E-state index contributed by atoms with van der Waals surface area (Å²) < 4.78 is 1.67. The van der Waals surface area contributed by atoms with Crippen molar-refractivity contribution in [3.63, 3.8) is 0 Å². The van der Waals surface area contributed by atoms with Crippen molar-refractivity contribution in [1.29, 1.82) is 0 Å². The number of nitrogens with zero attached hydrogens (tertiary/aromatic N) is 2. The summed E-state index contributed by atoms with van der Waals surface area (Å²) in [5.74, 6) is 0.870. The van der Waals surface area contributed by atoms with Gasteiger partial charge in [-0.1, -0.05) is 0 Å². The number of nitrogen functional groups attached to an aromatic ring is 1. The number of carbonyl (C=O) groups excluding carboxylic acids is 1. The zero-order valence-corrected chi connectivity index (χ0v) is 7.38. The highest BCUT2D eigenvalue weighted by molar-refractivity contribution is 5.96. The van der Waals surface area contributed by atoms with Crippen molar-refractivity contribution >= 4 is 11.7 Å². The zero-order valence-electron chi connectivity index (χ0n) is 7.38. The largest absolute Gasteiger partial charge is 0.383 e. The second kappa shape index (κ2) is 2.84. The minimum Gasteiger partial charge on any atom is -0.383 e. The minimum atomic E-state index is -0.254. The van der Waals surface area contributed by atoms with Gasteiger partial charge in [-0.15, -0.1) is 0 Å². The molecule has 5 nitrogen and oxygen atoms in total. The third-order valence-corrected chi connectivity index (χ3v) is 1.81. The van der Waals surface area contributed by atoms with Gasteiger partial charge in [-0.2, -0.15) is 0 Å². The maximum absolute atomic E-state index is 11.1. The third kappa shape index (κ3) is 1.13. The Morgan fingerprint density at radius 2 is 2.25 bits per heavy atom. The van der Waals surface area contributed by atoms with E-state index in [4.69, 9.17) is 5.73 Å². The first kappa shape index (κ1) is 8.58. The Bertz CT molecular complexity index is 315. The van der Waals surface area contributed by atoms with E-state index in [1.54, 1.807) is 25.6 Å². The molecule has 0 radical (unpaired) electrons. The van der Waals surface area contributed by atoms with Gasteiger partial charge in [-0.3, -0.25) is 4.79 Å². The molecule has 0 unspecified atom stereocenters. The van der Waals surface area contributed by atoms with E-state index in [0.29, 0.717) is 5.82 Å². The van der Waals surface area contributed by atoms with Crippen molar-refractivity contribution in [2.45, 2.75) is 6.92 Å². The molecule has 3 N–H and O–H groups in total. The maximum atomic E-state index is 11.1. The number of nitrogens with one attached hydrogen (secondary N) is 1. The van der Waals surface area contributed by atoms with Crippen LogP contribution in [0.4, 0.5) is 5.82 Å². The molecule has 0 bridgehead atoms. The molecule has 1 heterocycles. The molecule has 0 saturated carbocycles. The van der Waals surface area contributed by atoms with Gasteiger partial charge in [-0.25, -0.2) is 4.98 Å². The van der Waals surface area contributed by atoms with Gasteiger partial charge in [0.05, 0.1) is 0 Å². The van der Waals surface area contributed by atoms with Crippen LogP contribution in [0.3, 0.4) is 0 Å². The van der Waals surface area contributed by atoms with Crippen molar-refractivity contribution in [2.24, 2.45) is 7.05 Å². The summed E-state index contributed by atoms with van der Waals surface area (Å²) in [6.45, 7) is 1.79. The molecule has 1 aromatic heterocycles. The molecule has 1 aromatic rings. The minimum absolute atomic E-state index is 0.254. The lowest BCUT2D eigenvalue weighted by Gasteiger charge is -1.97. The molecule has 12 heavy (non-hydrogen) atoms. The lowest BCUT2D eigenvalue weighted by atomic mass is 10.4. The van der Waals surface area contributed by atoms with Crippen molar-refractivity contribution in [2.75, 3.05) is 12.8 Å². The predicted octanol–water partition coefficient (Wildman–Crippen LogP) is -0.330. The lowest BCUT2D eigenvalue weighted by Crippen LogP contribution is -2.19. The van der Waals surface area contributed by atoms with Gasteiger partial charge in [0.1, 0.15) is 11.6 Å². The van der Waals surface area contributed by atoms with Crippen LogP contribution in [-0.4, -0.2) is 22.5 Å². The van der Waals surface area contributed by atoms with Gasteiger partial charge in [-0.05, 0) is 6.92 Å². The van der Waals surface area contributed by atoms with Crippen LogP contribution in [0.5, 0.6) is 0 Å². The molecule has 1 rings (SSSR count). The molecule has 66 valence electrons. The van der Waals surface area contributed by atoms with E-state index >= 15 is 0 Å². The van der Waals surface area contributed by atoms with Crippen molar-refractivity contribution in [3.05, 3.63) is 11.5 Å². The standard InChI is InChI=1S/C7H12N4O/c1-4-10-5(7(12)9-2)6(8)11(4)3/h8H2,1-3H3,(H,9,12). The molecule has 0 atom stereocenters. The molecule has 0 aliphatic heterocycles. The third-order valence-electron chi connectivity index (χ3n) is 1.81. The molecule has 0 fully saturated rings. The van der Waals surface area contributed by atoms with E-state index in [1.165, 1.54) is 0 Å². The fourth-order valence-electron chi connectivity index (χ4n) is 0.913. The Hall–Kier alpha value is -1.52. The van der Waals surface area contributed by atoms with E-state index < -0.39 is 0 Å². The maximum Gasteiger partial charge on any atom is 0.273 e. The van der Waals surface area contributed by atoms with Crippen LogP contribution in [0.25, 0.3) is 0 Å². The smallest absolute Gasteiger partial charge is 0.273 e. The molecule has 0 saturated heterocycles. The SMILES string of the molecule is CNC(=O)c1nc(C)n(C)c1N. The first-order chi connectivity index (χ1) is 5.57. The van der Waals surface area contributed by atoms with Crippen LogP contribution in [0.1, 0.15) is 16.3 Å². The van der Waals surface area contributed by atoms with Gasteiger partial charge in [0.2, 0.25) is 0 Å². The summed E-state index contributed by atoms with van der Waals surface area (Å²) >= 11 is 0. The van der Waals surface area contributed by atoms with Crippen LogP contribution < -0.4 is 11.1 Å². The molecule has 1 amide bonds. The zero-order chi connectivity index (χ0) is 9.30. The average Bonchev–Trinajstić information content (AvgIpc) is 2.32. The number of nitrogens with two attached hydrogens (primary N) is 1. The molecule has 5 heteroatoms. The van der Waals surface area contributed by atoms with E-state index in [2.05, 4.69) is 10.3 Å². The highest BCUT2D eigenvalue weighted by atomic mass is 16.1. The monoisotopic (exact) mass is 168 g/mol. The van der Waals surface area contributed by atoms with Crippen molar-refractivity contribution in [1.82, 2.24) is 14.9 Å². The van der Waals surface area contributed by atoms with Gasteiger partial charge in [0, 0.05) is 14.1 Å². The predicted molar refractivity (Wildman–Crippen MR) is 45.7 cm³/mol. The number of hydrogen-bond donors (Lipinski definition) is 2. The van der Waals surface area contributed by atoms with Crippen molar-refractivity contribution in [3.8, 4) is 0 Å². The van der Waals surface area contributed by atoms with Crippen LogP contribution in [0.2, 0.25) is 0 Å². The van der Waals surface area contributed by atoms with E-state index in [1.807, 2.05) is 0 Å². The average molecular weight is 168 g/mol. The molecule has 0 spiro atoms. The Labute approximate surface area is 70.6 Å². The van der Waals surface area contributed by atoms with Gasteiger partial charge in [0.25, 0.3) is 5.91 Å². The molecule has 0 aromatic carbocycles. The number of aromatic nitrogens is 2. The van der Waals surface area contributed by atoms with E-state index in [-0.39, 0.29) is 11.6 Å². The summed E-state index contributed by atoms with van der Waals surface area (Å²) in [5.41, 5.74) is 5.91. The Morgan fingerprint density at radius 3 is 2.58 bits per heavy atom. The first-order valence-electron chi connectivity index (χ1n) is 3.58. The topological polar surface area (TPSA) is 72.9 Å². The number of aryl methyl sites for hydroxylation is 1. The molecular weight excluding hydrogens is 156 g/mol. The second-order valence-electron chi connectivity index (χ2n) is 2.53. The number of rotatable bonds is 1. The fourth-order valence-corrected chi connectivity index (χ4v) is 0.913. The quantitative estimate of drug-likeness (QED) is 0.603. The second-order valence-corrected chi connectivity index (χ2v) is 2.53. The summed E-state index contributed by atoms with van der Waals surface area (Å²) in [6.07, 6.45) is 0. The number of carbonyl (C=O) groups is 1. The molecule has 0 aliphatic rings. The Balaban J connectivity index is 3.17. The fraction of sp³-hybridized carbons (Fsp3) is 0.429. The number of anilines is 1. The van der Waals surface area contributed by atoms with E-state index in [0.717, 1.165) is 5.82 Å². The van der Waals surface area contributed by atoms with Crippen LogP contribution in [0, 0.1) is 6.92 Å². The van der Waals surface area contributed by atoms with Crippen LogP contribution in [0.15, 0.2) is 0 Å². The highest BCUT2D eigenvalue weighted by Crippen LogP contribution is 2.10. The molecule has 0 aliphatic carbocycles. The van der Waals surface area contributed by atoms with Gasteiger partial charge >= 0.3 is 0 Å². The van der Waals surface area contributed by atoms with Gasteiger partial charge in [0.15, 0.2) is 5.69 Å². The molecular formula is C7H12N4O. The Kier molecular flexibility index (Phi) is 2.03. The summed E-state index contributed by atoms with van der Waals surface area (Å²) in [7, 11) is 3.32. The number of amides is 1. The highest BCUT2D eigenvalue weighted by Gasteiger charge is 2.14. The van der Waals surface area contributed by atoms with Gasteiger partial charge < -0.3 is 15.6 Å². The van der Waals surface area contributed by atoms with Crippen molar-refractivity contribution < 1.29 is 4.79 Å². The summed E-state index contributed by atoms with van der Waals surface area (Å²) in [4.78, 5) is 15.1. The van der Waals surface area contributed by atoms with Crippen LogP contribution in [-0.2, 0) is 7.05 Å². The number of hydrogen-bond acceptors (Lipinski definition) is 3. The first-order valence-corrected chi connectivity index (χ1v) is 3.58. The van der Waals surface area contributed by atoms with E-state index in [9.17, 15) is 4.79 Å².